The van der Waals surface area contributed by atoms with Crippen LogP contribution in [0, 0.1) is 0 Å². The number of benzene rings is 4. The van der Waals surface area contributed by atoms with Crippen molar-refractivity contribution in [3.8, 4) is 11.5 Å². The van der Waals surface area contributed by atoms with Gasteiger partial charge in [-0.2, -0.15) is 0 Å². The average Bonchev–Trinajstić information content (AvgIpc) is 2.75. The van der Waals surface area contributed by atoms with Crippen LogP contribution in [0.4, 0.5) is 0 Å². The van der Waals surface area contributed by atoms with Crippen molar-refractivity contribution in [2.75, 3.05) is 13.2 Å². The minimum Gasteiger partial charge on any atom is -0.493 e. The van der Waals surface area contributed by atoms with Gasteiger partial charge in [0, 0.05) is 12.8 Å². The maximum Gasteiger partial charge on any atom is 0.119 e. The first-order valence-corrected chi connectivity index (χ1v) is 9.74. The Morgan fingerprint density at radius 2 is 0.929 bits per heavy atom. The van der Waals surface area contributed by atoms with E-state index < -0.39 is 0 Å². The van der Waals surface area contributed by atoms with E-state index in [1.165, 1.54) is 16.5 Å². The molecular weight excluding hydrogens is 344 g/mol. The van der Waals surface area contributed by atoms with Gasteiger partial charge in [0.2, 0.25) is 0 Å². The molecule has 0 aliphatic heterocycles. The zero-order chi connectivity index (χ0) is 19.0. The Kier molecular flexibility index (Phi) is 5.89. The van der Waals surface area contributed by atoms with E-state index in [2.05, 4.69) is 72.8 Å². The molecule has 0 fully saturated rings. The van der Waals surface area contributed by atoms with Crippen molar-refractivity contribution in [2.24, 2.45) is 0 Å². The van der Waals surface area contributed by atoms with E-state index in [9.17, 15) is 0 Å². The predicted octanol–water partition coefficient (Wildman–Crippen LogP) is 6.08. The number of fused-ring (bicyclic) bond motifs is 1. The zero-order valence-corrected chi connectivity index (χ0v) is 15.9. The van der Waals surface area contributed by atoms with Gasteiger partial charge >= 0.3 is 0 Å². The fourth-order valence-electron chi connectivity index (χ4n) is 3.25. The quantitative estimate of drug-likeness (QED) is 0.375. The Labute approximate surface area is 166 Å². The normalized spacial score (nSPS) is 10.7. The summed E-state index contributed by atoms with van der Waals surface area (Å²) in [7, 11) is 0. The van der Waals surface area contributed by atoms with Crippen LogP contribution in [0.25, 0.3) is 10.8 Å². The Bertz CT molecular complexity index is 930. The third-order valence-corrected chi connectivity index (χ3v) is 4.79. The molecule has 0 N–H and O–H groups in total. The fraction of sp³-hybridized carbons (Fsp3) is 0.154. The van der Waals surface area contributed by atoms with Gasteiger partial charge in [0.15, 0.2) is 0 Å². The first-order valence-electron chi connectivity index (χ1n) is 9.74. The minimum atomic E-state index is 0.669. The molecule has 0 unspecified atom stereocenters. The second-order valence-corrected chi connectivity index (χ2v) is 6.84. The lowest BCUT2D eigenvalue weighted by molar-refractivity contribution is 0.321. The van der Waals surface area contributed by atoms with Gasteiger partial charge in [-0.1, -0.05) is 72.8 Å². The van der Waals surface area contributed by atoms with Crippen LogP contribution < -0.4 is 9.47 Å². The summed E-state index contributed by atoms with van der Waals surface area (Å²) in [5.74, 6) is 1.79. The molecule has 2 heteroatoms. The molecule has 0 saturated carbocycles. The molecule has 0 saturated heterocycles. The molecule has 0 aromatic heterocycles. The zero-order valence-electron chi connectivity index (χ0n) is 15.9. The topological polar surface area (TPSA) is 18.5 Å². The van der Waals surface area contributed by atoms with E-state index in [-0.39, 0.29) is 0 Å². The molecule has 4 rings (SSSR count). The molecular formula is C26H24O2. The second-order valence-electron chi connectivity index (χ2n) is 6.84. The number of hydrogen-bond donors (Lipinski definition) is 0. The summed E-state index contributed by atoms with van der Waals surface area (Å²) in [5.41, 5.74) is 2.58. The van der Waals surface area contributed by atoms with Crippen LogP contribution in [-0.2, 0) is 12.8 Å². The Morgan fingerprint density at radius 1 is 0.464 bits per heavy atom. The first-order chi connectivity index (χ1) is 13.9. The van der Waals surface area contributed by atoms with Crippen molar-refractivity contribution in [3.05, 3.63) is 108 Å². The maximum absolute atomic E-state index is 5.96. The summed E-state index contributed by atoms with van der Waals surface area (Å²) in [4.78, 5) is 0. The number of hydrogen-bond acceptors (Lipinski definition) is 2. The molecule has 4 aromatic rings. The third kappa shape index (κ3) is 4.92. The van der Waals surface area contributed by atoms with Crippen LogP contribution in [0.1, 0.15) is 11.1 Å². The lowest BCUT2D eigenvalue weighted by atomic mass is 10.1. The molecule has 0 spiro atoms. The van der Waals surface area contributed by atoms with Gasteiger partial charge in [0.05, 0.1) is 13.2 Å². The van der Waals surface area contributed by atoms with E-state index in [4.69, 9.17) is 9.47 Å². The standard InChI is InChI=1S/C26H24O2/c1-3-7-21(8-4-1)15-17-27-25-13-11-23-12-14-26(20-24(23)19-25)28-18-16-22-9-5-2-6-10-22/h1-14,19-20H,15-18H2. The molecule has 0 amide bonds. The minimum absolute atomic E-state index is 0.669. The van der Waals surface area contributed by atoms with Gasteiger partial charge < -0.3 is 9.47 Å². The largest absolute Gasteiger partial charge is 0.493 e. The van der Waals surface area contributed by atoms with Crippen LogP contribution in [0.15, 0.2) is 97.1 Å². The fourth-order valence-corrected chi connectivity index (χ4v) is 3.25. The molecule has 0 radical (unpaired) electrons. The van der Waals surface area contributed by atoms with Crippen molar-refractivity contribution in [1.82, 2.24) is 0 Å². The maximum atomic E-state index is 5.96. The molecule has 0 bridgehead atoms. The predicted molar refractivity (Wildman–Crippen MR) is 115 cm³/mol. The van der Waals surface area contributed by atoms with Gasteiger partial charge in [0.1, 0.15) is 11.5 Å². The highest BCUT2D eigenvalue weighted by atomic mass is 16.5. The van der Waals surface area contributed by atoms with Crippen LogP contribution in [0.2, 0.25) is 0 Å². The highest BCUT2D eigenvalue weighted by Crippen LogP contribution is 2.25. The third-order valence-electron chi connectivity index (χ3n) is 4.79. The van der Waals surface area contributed by atoms with Crippen LogP contribution in [-0.4, -0.2) is 13.2 Å². The van der Waals surface area contributed by atoms with E-state index >= 15 is 0 Å². The molecule has 0 atom stereocenters. The van der Waals surface area contributed by atoms with Gasteiger partial charge in [0.25, 0.3) is 0 Å². The number of ether oxygens (including phenoxy) is 2. The van der Waals surface area contributed by atoms with Crippen LogP contribution >= 0.6 is 0 Å². The smallest absolute Gasteiger partial charge is 0.119 e. The summed E-state index contributed by atoms with van der Waals surface area (Å²) in [6.45, 7) is 1.34. The molecule has 140 valence electrons. The van der Waals surface area contributed by atoms with Gasteiger partial charge in [-0.15, -0.1) is 0 Å². The van der Waals surface area contributed by atoms with E-state index in [1.807, 2.05) is 24.3 Å². The number of rotatable bonds is 8. The van der Waals surface area contributed by atoms with E-state index in [1.54, 1.807) is 0 Å². The molecule has 0 heterocycles. The molecule has 0 aliphatic rings. The summed E-state index contributed by atoms with van der Waals surface area (Å²) in [6, 6.07) is 33.3. The summed E-state index contributed by atoms with van der Waals surface area (Å²) in [6.07, 6.45) is 1.81. The lowest BCUT2D eigenvalue weighted by Gasteiger charge is -2.10. The van der Waals surface area contributed by atoms with Gasteiger partial charge in [-0.3, -0.25) is 0 Å². The van der Waals surface area contributed by atoms with E-state index in [0.29, 0.717) is 13.2 Å². The van der Waals surface area contributed by atoms with Crippen molar-refractivity contribution in [1.29, 1.82) is 0 Å². The molecule has 0 aliphatic carbocycles. The van der Waals surface area contributed by atoms with Crippen LogP contribution in [0.3, 0.4) is 0 Å². The first kappa shape index (κ1) is 18.1. The Morgan fingerprint density at radius 3 is 1.39 bits per heavy atom. The van der Waals surface area contributed by atoms with Crippen molar-refractivity contribution in [2.45, 2.75) is 12.8 Å². The Balaban J connectivity index is 1.36. The van der Waals surface area contributed by atoms with Gasteiger partial charge in [-0.05, 0) is 46.2 Å². The van der Waals surface area contributed by atoms with Gasteiger partial charge in [-0.25, -0.2) is 0 Å². The SMILES string of the molecule is c1ccc(CCOc2ccc3ccc(OCCc4ccccc4)cc3c2)cc1. The average molecular weight is 368 g/mol. The monoisotopic (exact) mass is 368 g/mol. The lowest BCUT2D eigenvalue weighted by Crippen LogP contribution is -2.01. The Hall–Kier alpha value is -3.26. The van der Waals surface area contributed by atoms with E-state index in [0.717, 1.165) is 29.7 Å². The molecule has 4 aromatic carbocycles. The van der Waals surface area contributed by atoms with Crippen molar-refractivity contribution in [3.63, 3.8) is 0 Å². The highest BCUT2D eigenvalue weighted by Gasteiger charge is 2.02. The van der Waals surface area contributed by atoms with Crippen molar-refractivity contribution >= 4 is 10.8 Å². The molecule has 2 nitrogen and oxygen atoms in total. The van der Waals surface area contributed by atoms with Crippen molar-refractivity contribution < 1.29 is 9.47 Å². The summed E-state index contributed by atoms with van der Waals surface area (Å²) >= 11 is 0. The summed E-state index contributed by atoms with van der Waals surface area (Å²) < 4.78 is 11.9. The second kappa shape index (κ2) is 9.09. The molecule has 28 heavy (non-hydrogen) atoms. The summed E-state index contributed by atoms with van der Waals surface area (Å²) in [5, 5.41) is 2.32. The highest BCUT2D eigenvalue weighted by molar-refractivity contribution is 5.85. The van der Waals surface area contributed by atoms with Crippen LogP contribution in [0.5, 0.6) is 11.5 Å².